The summed E-state index contributed by atoms with van der Waals surface area (Å²) >= 11 is 1.57. The molecule has 2 N–H and O–H groups in total. The summed E-state index contributed by atoms with van der Waals surface area (Å²) in [5, 5.41) is 7.34. The average molecular weight is 364 g/mol. The standard InChI is InChI=1S/C20H16N2O3S/c1-14(21-20(24)18-8-3-11-25-18)19(23)22-16-6-2-5-15(13-16)9-10-17-7-4-12-26-17/h2-8,11-14H,1H3,(H,21,24)(H,22,23)/t14-/m0/s1. The van der Waals surface area contributed by atoms with Crippen molar-refractivity contribution in [2.75, 3.05) is 5.32 Å². The minimum Gasteiger partial charge on any atom is -0.459 e. The summed E-state index contributed by atoms with van der Waals surface area (Å²) in [6, 6.07) is 13.6. The Morgan fingerprint density at radius 1 is 1.12 bits per heavy atom. The van der Waals surface area contributed by atoms with Crippen LogP contribution in [0.2, 0.25) is 0 Å². The van der Waals surface area contributed by atoms with Crippen LogP contribution in [0.15, 0.2) is 64.6 Å². The number of carbonyl (C=O) groups is 2. The molecule has 0 unspecified atom stereocenters. The van der Waals surface area contributed by atoms with Crippen molar-refractivity contribution in [1.29, 1.82) is 0 Å². The summed E-state index contributed by atoms with van der Waals surface area (Å²) in [6.45, 7) is 1.61. The van der Waals surface area contributed by atoms with Crippen LogP contribution in [-0.4, -0.2) is 17.9 Å². The van der Waals surface area contributed by atoms with Crippen LogP contribution in [0.5, 0.6) is 0 Å². The van der Waals surface area contributed by atoms with Gasteiger partial charge in [0.15, 0.2) is 5.76 Å². The summed E-state index contributed by atoms with van der Waals surface area (Å²) < 4.78 is 5.01. The van der Waals surface area contributed by atoms with Crippen molar-refractivity contribution in [3.63, 3.8) is 0 Å². The molecule has 5 nitrogen and oxygen atoms in total. The Morgan fingerprint density at radius 2 is 2.00 bits per heavy atom. The second-order valence-electron chi connectivity index (χ2n) is 5.47. The van der Waals surface area contributed by atoms with Crippen molar-refractivity contribution in [3.8, 4) is 11.8 Å². The first kappa shape index (κ1) is 17.5. The normalized spacial score (nSPS) is 11.1. The number of nitrogens with one attached hydrogen (secondary N) is 2. The van der Waals surface area contributed by atoms with E-state index in [1.54, 1.807) is 36.5 Å². The van der Waals surface area contributed by atoms with E-state index in [9.17, 15) is 9.59 Å². The van der Waals surface area contributed by atoms with Gasteiger partial charge in [0.05, 0.1) is 11.1 Å². The number of furan rings is 1. The molecule has 0 fully saturated rings. The van der Waals surface area contributed by atoms with Crippen LogP contribution in [0.25, 0.3) is 0 Å². The Bertz CT molecular complexity index is 951. The molecule has 0 aliphatic rings. The molecule has 6 heteroatoms. The summed E-state index contributed by atoms with van der Waals surface area (Å²) in [5.74, 6) is 5.54. The summed E-state index contributed by atoms with van der Waals surface area (Å²) in [5.41, 5.74) is 1.41. The van der Waals surface area contributed by atoms with E-state index >= 15 is 0 Å². The fourth-order valence-electron chi connectivity index (χ4n) is 2.15. The van der Waals surface area contributed by atoms with E-state index in [4.69, 9.17) is 4.42 Å². The van der Waals surface area contributed by atoms with Gasteiger partial charge in [-0.3, -0.25) is 9.59 Å². The monoisotopic (exact) mass is 364 g/mol. The Morgan fingerprint density at radius 3 is 2.73 bits per heavy atom. The molecule has 26 heavy (non-hydrogen) atoms. The van der Waals surface area contributed by atoms with Crippen LogP contribution in [0.1, 0.15) is 27.9 Å². The van der Waals surface area contributed by atoms with Gasteiger partial charge in [-0.05, 0) is 48.7 Å². The van der Waals surface area contributed by atoms with Gasteiger partial charge < -0.3 is 15.1 Å². The van der Waals surface area contributed by atoms with Gasteiger partial charge in [-0.15, -0.1) is 11.3 Å². The zero-order valence-corrected chi connectivity index (χ0v) is 14.8. The lowest BCUT2D eigenvalue weighted by molar-refractivity contribution is -0.117. The molecule has 0 saturated carbocycles. The number of thiophene rings is 1. The first-order valence-corrected chi connectivity index (χ1v) is 8.80. The zero-order valence-electron chi connectivity index (χ0n) is 14.0. The van der Waals surface area contributed by atoms with Gasteiger partial charge in [-0.2, -0.15) is 0 Å². The summed E-state index contributed by atoms with van der Waals surface area (Å²) in [4.78, 5) is 25.2. The van der Waals surface area contributed by atoms with Crippen molar-refractivity contribution >= 4 is 28.8 Å². The highest BCUT2D eigenvalue weighted by Crippen LogP contribution is 2.12. The fraction of sp³-hybridized carbons (Fsp3) is 0.100. The highest BCUT2D eigenvalue weighted by Gasteiger charge is 2.18. The molecule has 0 aliphatic carbocycles. The van der Waals surface area contributed by atoms with Crippen LogP contribution in [-0.2, 0) is 4.79 Å². The van der Waals surface area contributed by atoms with Gasteiger partial charge in [0, 0.05) is 11.3 Å². The maximum absolute atomic E-state index is 12.3. The first-order valence-electron chi connectivity index (χ1n) is 7.92. The minimum absolute atomic E-state index is 0.162. The maximum Gasteiger partial charge on any atom is 0.287 e. The third kappa shape index (κ3) is 4.62. The maximum atomic E-state index is 12.3. The summed E-state index contributed by atoms with van der Waals surface area (Å²) in [6.07, 6.45) is 1.41. The van der Waals surface area contributed by atoms with Gasteiger partial charge in [-0.25, -0.2) is 0 Å². The number of rotatable bonds is 4. The molecule has 0 aliphatic heterocycles. The smallest absolute Gasteiger partial charge is 0.287 e. The molecule has 0 bridgehead atoms. The molecule has 3 rings (SSSR count). The van der Waals surface area contributed by atoms with Crippen molar-refractivity contribution in [2.45, 2.75) is 13.0 Å². The van der Waals surface area contributed by atoms with Crippen LogP contribution in [0, 0.1) is 11.8 Å². The zero-order chi connectivity index (χ0) is 18.4. The fourth-order valence-corrected chi connectivity index (χ4v) is 2.72. The molecule has 3 aromatic rings. The van der Waals surface area contributed by atoms with Crippen LogP contribution >= 0.6 is 11.3 Å². The van der Waals surface area contributed by atoms with Crippen molar-refractivity contribution in [3.05, 3.63) is 76.4 Å². The largest absolute Gasteiger partial charge is 0.459 e. The molecule has 2 heterocycles. The van der Waals surface area contributed by atoms with Crippen molar-refractivity contribution in [1.82, 2.24) is 5.32 Å². The molecular weight excluding hydrogens is 348 g/mol. The van der Waals surface area contributed by atoms with Gasteiger partial charge in [0.2, 0.25) is 5.91 Å². The quantitative estimate of drug-likeness (QED) is 0.696. The molecular formula is C20H16N2O3S. The van der Waals surface area contributed by atoms with Crippen molar-refractivity contribution in [2.24, 2.45) is 0 Å². The molecule has 0 radical (unpaired) electrons. The first-order chi connectivity index (χ1) is 12.6. The number of hydrogen-bond acceptors (Lipinski definition) is 4. The lowest BCUT2D eigenvalue weighted by atomic mass is 10.2. The van der Waals surface area contributed by atoms with E-state index in [0.717, 1.165) is 10.4 Å². The van der Waals surface area contributed by atoms with Crippen molar-refractivity contribution < 1.29 is 14.0 Å². The van der Waals surface area contributed by atoms with Gasteiger partial charge in [-0.1, -0.05) is 24.0 Å². The minimum atomic E-state index is -0.714. The number of hydrogen-bond donors (Lipinski definition) is 2. The van der Waals surface area contributed by atoms with Crippen LogP contribution < -0.4 is 10.6 Å². The number of benzene rings is 1. The molecule has 0 saturated heterocycles. The summed E-state index contributed by atoms with van der Waals surface area (Å²) in [7, 11) is 0. The second kappa shape index (κ2) is 8.19. The Kier molecular flexibility index (Phi) is 5.52. The SMILES string of the molecule is C[C@H](NC(=O)c1ccco1)C(=O)Nc1cccc(C#Cc2cccs2)c1. The highest BCUT2D eigenvalue weighted by molar-refractivity contribution is 7.10. The molecule has 1 atom stereocenters. The molecule has 2 aromatic heterocycles. The predicted octanol–water partition coefficient (Wildman–Crippen LogP) is 3.50. The number of carbonyl (C=O) groups excluding carboxylic acids is 2. The van der Waals surface area contributed by atoms with Crippen LogP contribution in [0.4, 0.5) is 5.69 Å². The van der Waals surface area contributed by atoms with E-state index in [1.165, 1.54) is 12.3 Å². The second-order valence-corrected chi connectivity index (χ2v) is 6.42. The topological polar surface area (TPSA) is 71.3 Å². The van der Waals surface area contributed by atoms with E-state index in [0.29, 0.717) is 5.69 Å². The molecule has 130 valence electrons. The number of anilines is 1. The molecule has 1 aromatic carbocycles. The van der Waals surface area contributed by atoms with E-state index in [2.05, 4.69) is 22.5 Å². The van der Waals surface area contributed by atoms with Gasteiger partial charge in [0.25, 0.3) is 5.91 Å². The van der Waals surface area contributed by atoms with Gasteiger partial charge in [0.1, 0.15) is 6.04 Å². The number of amides is 2. The molecule has 2 amide bonds. The van der Waals surface area contributed by atoms with E-state index in [1.807, 2.05) is 29.6 Å². The third-order valence-corrected chi connectivity index (χ3v) is 4.25. The lowest BCUT2D eigenvalue weighted by Crippen LogP contribution is -2.41. The van der Waals surface area contributed by atoms with E-state index < -0.39 is 11.9 Å². The Balaban J connectivity index is 1.62. The predicted molar refractivity (Wildman–Crippen MR) is 101 cm³/mol. The average Bonchev–Trinajstić information content (AvgIpc) is 3.34. The lowest BCUT2D eigenvalue weighted by Gasteiger charge is -2.13. The van der Waals surface area contributed by atoms with Crippen LogP contribution in [0.3, 0.4) is 0 Å². The van der Waals surface area contributed by atoms with Gasteiger partial charge >= 0.3 is 0 Å². The van der Waals surface area contributed by atoms with E-state index in [-0.39, 0.29) is 11.7 Å². The Labute approximate surface area is 155 Å². The third-order valence-electron chi connectivity index (χ3n) is 3.47. The highest BCUT2D eigenvalue weighted by atomic mass is 32.1. The molecule has 0 spiro atoms. The Hall–Kier alpha value is -3.30.